The minimum absolute atomic E-state index is 0.420. The first-order valence-corrected chi connectivity index (χ1v) is 7.86. The van der Waals surface area contributed by atoms with Crippen molar-refractivity contribution in [2.45, 2.75) is 17.9 Å². The van der Waals surface area contributed by atoms with Crippen LogP contribution in [-0.2, 0) is 10.0 Å². The van der Waals surface area contributed by atoms with Crippen LogP contribution in [0.2, 0.25) is 0 Å². The number of benzene rings is 2. The smallest absolute Gasteiger partial charge is 0.244 e. The van der Waals surface area contributed by atoms with Crippen LogP contribution in [0.3, 0.4) is 0 Å². The number of aliphatic hydroxyl groups is 1. The Bertz CT molecular complexity index is 717. The molecule has 0 bridgehead atoms. The molecule has 4 nitrogen and oxygen atoms in total. The van der Waals surface area contributed by atoms with Gasteiger partial charge in [0.2, 0.25) is 10.0 Å². The first-order chi connectivity index (χ1) is 9.94. The zero-order chi connectivity index (χ0) is 15.5. The van der Waals surface area contributed by atoms with E-state index in [2.05, 4.69) is 4.72 Å². The van der Waals surface area contributed by atoms with Crippen LogP contribution in [0.15, 0.2) is 53.4 Å². The van der Waals surface area contributed by atoms with E-state index in [1.807, 2.05) is 0 Å². The van der Waals surface area contributed by atoms with E-state index in [4.69, 9.17) is 0 Å². The van der Waals surface area contributed by atoms with Crippen LogP contribution in [0.4, 0.5) is 4.39 Å². The number of halogens is 1. The summed E-state index contributed by atoms with van der Waals surface area (Å²) in [6.07, 6.45) is 0. The predicted octanol–water partition coefficient (Wildman–Crippen LogP) is 2.15. The minimum atomic E-state index is -4.06. The van der Waals surface area contributed by atoms with Gasteiger partial charge in [-0.1, -0.05) is 36.4 Å². The monoisotopic (exact) mass is 309 g/mol. The molecular formula is C15H16FNO3S. The van der Waals surface area contributed by atoms with E-state index in [1.165, 1.54) is 12.1 Å². The molecule has 0 amide bonds. The van der Waals surface area contributed by atoms with Crippen molar-refractivity contribution in [3.63, 3.8) is 0 Å². The Morgan fingerprint density at radius 1 is 1.19 bits per heavy atom. The highest BCUT2D eigenvalue weighted by Crippen LogP contribution is 2.20. The van der Waals surface area contributed by atoms with Gasteiger partial charge in [0, 0.05) is 0 Å². The van der Waals surface area contributed by atoms with Crippen LogP contribution >= 0.6 is 0 Å². The molecule has 0 heterocycles. The molecule has 6 heteroatoms. The third-order valence-corrected chi connectivity index (χ3v) is 4.54. The highest BCUT2D eigenvalue weighted by Gasteiger charge is 2.23. The SMILES string of the molecule is Cc1ccc(F)c(S(=O)(=O)NC(CO)c2ccccc2)c1. The maximum Gasteiger partial charge on any atom is 0.244 e. The summed E-state index contributed by atoms with van der Waals surface area (Å²) >= 11 is 0. The standard InChI is InChI=1S/C15H16FNO3S/c1-11-7-8-13(16)15(9-11)21(19,20)17-14(10-18)12-5-3-2-4-6-12/h2-9,14,17-18H,10H2,1H3. The zero-order valence-corrected chi connectivity index (χ0v) is 12.3. The lowest BCUT2D eigenvalue weighted by Crippen LogP contribution is -2.31. The topological polar surface area (TPSA) is 66.4 Å². The summed E-state index contributed by atoms with van der Waals surface area (Å²) in [5, 5.41) is 9.39. The molecule has 0 saturated heterocycles. The first kappa shape index (κ1) is 15.6. The molecular weight excluding hydrogens is 293 g/mol. The van der Waals surface area contributed by atoms with E-state index < -0.39 is 33.4 Å². The molecule has 1 unspecified atom stereocenters. The average Bonchev–Trinajstić information content (AvgIpc) is 2.48. The Hall–Kier alpha value is -1.76. The molecule has 21 heavy (non-hydrogen) atoms. The molecule has 112 valence electrons. The Morgan fingerprint density at radius 3 is 2.48 bits per heavy atom. The Labute approximate surface area is 123 Å². The van der Waals surface area contributed by atoms with Crippen LogP contribution in [-0.4, -0.2) is 20.1 Å². The van der Waals surface area contributed by atoms with Crippen molar-refractivity contribution in [3.05, 3.63) is 65.5 Å². The van der Waals surface area contributed by atoms with E-state index in [0.717, 1.165) is 6.07 Å². The normalized spacial score (nSPS) is 13.1. The van der Waals surface area contributed by atoms with Crippen molar-refractivity contribution < 1.29 is 17.9 Å². The van der Waals surface area contributed by atoms with Gasteiger partial charge in [-0.05, 0) is 30.2 Å². The van der Waals surface area contributed by atoms with E-state index in [1.54, 1.807) is 37.3 Å². The highest BCUT2D eigenvalue weighted by molar-refractivity contribution is 7.89. The van der Waals surface area contributed by atoms with Gasteiger partial charge in [-0.3, -0.25) is 0 Å². The summed E-state index contributed by atoms with van der Waals surface area (Å²) in [6, 6.07) is 11.7. The molecule has 2 rings (SSSR count). The van der Waals surface area contributed by atoms with Crippen LogP contribution in [0.25, 0.3) is 0 Å². The average molecular weight is 309 g/mol. The highest BCUT2D eigenvalue weighted by atomic mass is 32.2. The summed E-state index contributed by atoms with van der Waals surface area (Å²) < 4.78 is 40.6. The second-order valence-corrected chi connectivity index (χ2v) is 6.38. The fourth-order valence-electron chi connectivity index (χ4n) is 1.96. The van der Waals surface area contributed by atoms with Gasteiger partial charge in [-0.15, -0.1) is 0 Å². The van der Waals surface area contributed by atoms with Gasteiger partial charge in [0.05, 0.1) is 12.6 Å². The number of nitrogens with one attached hydrogen (secondary N) is 1. The van der Waals surface area contributed by atoms with Gasteiger partial charge in [-0.2, -0.15) is 0 Å². The molecule has 0 saturated carbocycles. The summed E-state index contributed by atoms with van der Waals surface area (Å²) in [5.41, 5.74) is 1.24. The molecule has 0 aromatic heterocycles. The van der Waals surface area contributed by atoms with E-state index in [9.17, 15) is 17.9 Å². The molecule has 0 radical (unpaired) electrons. The minimum Gasteiger partial charge on any atom is -0.394 e. The second kappa shape index (κ2) is 6.34. The lowest BCUT2D eigenvalue weighted by atomic mass is 10.1. The molecule has 1 atom stereocenters. The van der Waals surface area contributed by atoms with Crippen LogP contribution in [0.1, 0.15) is 17.2 Å². The Kier molecular flexibility index (Phi) is 4.72. The van der Waals surface area contributed by atoms with Crippen molar-refractivity contribution >= 4 is 10.0 Å². The van der Waals surface area contributed by atoms with Crippen molar-refractivity contribution in [1.82, 2.24) is 4.72 Å². The molecule has 2 aromatic carbocycles. The van der Waals surface area contributed by atoms with E-state index in [0.29, 0.717) is 11.1 Å². The van der Waals surface area contributed by atoms with Gasteiger partial charge in [-0.25, -0.2) is 17.5 Å². The zero-order valence-electron chi connectivity index (χ0n) is 11.5. The van der Waals surface area contributed by atoms with Gasteiger partial charge in [0.25, 0.3) is 0 Å². The lowest BCUT2D eigenvalue weighted by Gasteiger charge is -2.17. The van der Waals surface area contributed by atoms with Crippen LogP contribution in [0.5, 0.6) is 0 Å². The number of aliphatic hydroxyl groups excluding tert-OH is 1. The molecule has 0 fully saturated rings. The van der Waals surface area contributed by atoms with Gasteiger partial charge in [0.15, 0.2) is 0 Å². The summed E-state index contributed by atoms with van der Waals surface area (Å²) in [6.45, 7) is 1.26. The third kappa shape index (κ3) is 3.66. The van der Waals surface area contributed by atoms with Crippen molar-refractivity contribution in [2.24, 2.45) is 0 Å². The summed E-state index contributed by atoms with van der Waals surface area (Å²) in [7, 11) is -4.06. The number of sulfonamides is 1. The number of aryl methyl sites for hydroxylation is 1. The molecule has 0 aliphatic carbocycles. The van der Waals surface area contributed by atoms with E-state index >= 15 is 0 Å². The number of hydrogen-bond donors (Lipinski definition) is 2. The van der Waals surface area contributed by atoms with Gasteiger partial charge < -0.3 is 5.11 Å². The maximum absolute atomic E-state index is 13.7. The Morgan fingerprint density at radius 2 is 1.86 bits per heavy atom. The number of rotatable bonds is 5. The summed E-state index contributed by atoms with van der Waals surface area (Å²) in [4.78, 5) is -0.420. The predicted molar refractivity (Wildman–Crippen MR) is 77.7 cm³/mol. The third-order valence-electron chi connectivity index (χ3n) is 3.06. The van der Waals surface area contributed by atoms with Crippen LogP contribution < -0.4 is 4.72 Å². The van der Waals surface area contributed by atoms with Crippen molar-refractivity contribution in [2.75, 3.05) is 6.61 Å². The van der Waals surface area contributed by atoms with E-state index in [-0.39, 0.29) is 0 Å². The second-order valence-electron chi connectivity index (χ2n) is 4.70. The van der Waals surface area contributed by atoms with Crippen molar-refractivity contribution in [3.8, 4) is 0 Å². The maximum atomic E-state index is 13.7. The van der Waals surface area contributed by atoms with Crippen molar-refractivity contribution in [1.29, 1.82) is 0 Å². The fraction of sp³-hybridized carbons (Fsp3) is 0.200. The van der Waals surface area contributed by atoms with Gasteiger partial charge in [0.1, 0.15) is 10.7 Å². The fourth-order valence-corrected chi connectivity index (χ4v) is 3.34. The molecule has 2 N–H and O–H groups in total. The quantitative estimate of drug-likeness (QED) is 0.889. The summed E-state index contributed by atoms with van der Waals surface area (Å²) in [5.74, 6) is -0.821. The molecule has 2 aromatic rings. The largest absolute Gasteiger partial charge is 0.394 e. The first-order valence-electron chi connectivity index (χ1n) is 6.38. The molecule has 0 aliphatic heterocycles. The molecule has 0 aliphatic rings. The molecule has 0 spiro atoms. The van der Waals surface area contributed by atoms with Gasteiger partial charge >= 0.3 is 0 Å². The Balaban J connectivity index is 2.34. The number of hydrogen-bond acceptors (Lipinski definition) is 3. The van der Waals surface area contributed by atoms with Crippen LogP contribution in [0, 0.1) is 12.7 Å². The lowest BCUT2D eigenvalue weighted by molar-refractivity contribution is 0.258.